The molecule has 0 spiro atoms. The molecule has 0 saturated carbocycles. The summed E-state index contributed by atoms with van der Waals surface area (Å²) < 4.78 is 3.53. The van der Waals surface area contributed by atoms with E-state index in [4.69, 9.17) is 5.11 Å². The summed E-state index contributed by atoms with van der Waals surface area (Å²) in [5.74, 6) is -0.254. The smallest absolute Gasteiger partial charge is 0.313 e. The Hall–Kier alpha value is -2.35. The van der Waals surface area contributed by atoms with Crippen molar-refractivity contribution in [3.05, 3.63) is 30.6 Å². The molecule has 8 heteroatoms. The summed E-state index contributed by atoms with van der Waals surface area (Å²) in [6.07, 6.45) is 3.58. The molecule has 1 N–H and O–H groups in total. The van der Waals surface area contributed by atoms with Crippen molar-refractivity contribution in [2.45, 2.75) is 5.16 Å². The molecular weight excluding hydrogens is 278 g/mol. The van der Waals surface area contributed by atoms with Crippen LogP contribution in [0.5, 0.6) is 0 Å². The summed E-state index contributed by atoms with van der Waals surface area (Å²) in [4.78, 5) is 10.6. The van der Waals surface area contributed by atoms with Gasteiger partial charge in [0.05, 0.1) is 23.0 Å². The summed E-state index contributed by atoms with van der Waals surface area (Å²) in [5.41, 5.74) is 1.79. The minimum absolute atomic E-state index is 0.0409. The maximum Gasteiger partial charge on any atom is 0.313 e. The number of rotatable bonds is 4. The molecule has 3 rings (SSSR count). The first kappa shape index (κ1) is 12.7. The predicted molar refractivity (Wildman–Crippen MR) is 73.5 cm³/mol. The summed E-state index contributed by atoms with van der Waals surface area (Å²) >= 11 is 1.14. The van der Waals surface area contributed by atoms with Crippen molar-refractivity contribution in [2.24, 2.45) is 7.05 Å². The van der Waals surface area contributed by atoms with Crippen molar-refractivity contribution in [1.82, 2.24) is 24.4 Å². The Balaban J connectivity index is 2.00. The van der Waals surface area contributed by atoms with Crippen molar-refractivity contribution in [1.29, 1.82) is 0 Å². The van der Waals surface area contributed by atoms with Gasteiger partial charge < -0.3 is 9.67 Å². The molecule has 3 aromatic heterocycles. The first-order chi connectivity index (χ1) is 9.66. The van der Waals surface area contributed by atoms with Crippen molar-refractivity contribution >= 4 is 23.2 Å². The minimum atomic E-state index is -0.879. The lowest BCUT2D eigenvalue weighted by molar-refractivity contribution is -0.133. The number of pyridine rings is 1. The quantitative estimate of drug-likeness (QED) is 0.729. The average molecular weight is 289 g/mol. The van der Waals surface area contributed by atoms with Gasteiger partial charge in [0.15, 0.2) is 11.0 Å². The van der Waals surface area contributed by atoms with Gasteiger partial charge in [-0.3, -0.25) is 4.79 Å². The molecule has 0 amide bonds. The van der Waals surface area contributed by atoms with Gasteiger partial charge in [-0.15, -0.1) is 10.2 Å². The van der Waals surface area contributed by atoms with Crippen LogP contribution in [0, 0.1) is 0 Å². The van der Waals surface area contributed by atoms with Gasteiger partial charge in [0.1, 0.15) is 0 Å². The number of carbonyl (C=O) groups is 1. The molecule has 0 aliphatic rings. The monoisotopic (exact) mass is 289 g/mol. The van der Waals surface area contributed by atoms with Crippen LogP contribution in [0.3, 0.4) is 0 Å². The molecule has 0 unspecified atom stereocenters. The zero-order valence-electron chi connectivity index (χ0n) is 10.6. The molecule has 0 aromatic carbocycles. The summed E-state index contributed by atoms with van der Waals surface area (Å²) in [6.45, 7) is 0. The first-order valence-corrected chi connectivity index (χ1v) is 6.82. The maximum atomic E-state index is 10.6. The van der Waals surface area contributed by atoms with Gasteiger partial charge in [-0.1, -0.05) is 17.8 Å². The van der Waals surface area contributed by atoms with E-state index in [1.807, 2.05) is 31.4 Å². The lowest BCUT2D eigenvalue weighted by atomic mass is 10.2. The highest BCUT2D eigenvalue weighted by molar-refractivity contribution is 7.99. The summed E-state index contributed by atoms with van der Waals surface area (Å²) in [6, 6.07) is 5.77. The molecule has 0 fully saturated rings. The minimum Gasteiger partial charge on any atom is -0.481 e. The zero-order chi connectivity index (χ0) is 14.1. The second-order valence-electron chi connectivity index (χ2n) is 4.14. The number of aliphatic carboxylic acids is 1. The number of hydrogen-bond acceptors (Lipinski definition) is 5. The Bertz CT molecular complexity index is 779. The van der Waals surface area contributed by atoms with Crippen LogP contribution < -0.4 is 0 Å². The summed E-state index contributed by atoms with van der Waals surface area (Å²) in [5, 5.41) is 21.7. The van der Waals surface area contributed by atoms with Crippen LogP contribution >= 0.6 is 11.8 Å². The number of hydrogen-bond donors (Lipinski definition) is 1. The predicted octanol–water partition coefficient (Wildman–Crippen LogP) is 1.31. The van der Waals surface area contributed by atoms with Gasteiger partial charge in [0.2, 0.25) is 0 Å². The standard InChI is InChI=1S/C12H11N5O2S/c1-16-11(14-15-12(16)20-7-10(18)19)8-6-13-17-5-3-2-4-9(8)17/h2-6H,7H2,1H3,(H,18,19). The van der Waals surface area contributed by atoms with E-state index in [2.05, 4.69) is 15.3 Å². The zero-order valence-corrected chi connectivity index (χ0v) is 11.4. The van der Waals surface area contributed by atoms with Crippen LogP contribution in [0.25, 0.3) is 16.9 Å². The third kappa shape index (κ3) is 2.14. The van der Waals surface area contributed by atoms with E-state index in [1.54, 1.807) is 15.3 Å². The molecule has 20 heavy (non-hydrogen) atoms. The van der Waals surface area contributed by atoms with Crippen molar-refractivity contribution in [2.75, 3.05) is 5.75 Å². The van der Waals surface area contributed by atoms with E-state index in [-0.39, 0.29) is 5.75 Å². The van der Waals surface area contributed by atoms with Crippen molar-refractivity contribution in [3.63, 3.8) is 0 Å². The van der Waals surface area contributed by atoms with E-state index in [0.717, 1.165) is 22.8 Å². The molecule has 0 radical (unpaired) electrons. The number of thioether (sulfide) groups is 1. The fourth-order valence-electron chi connectivity index (χ4n) is 1.91. The van der Waals surface area contributed by atoms with E-state index in [0.29, 0.717) is 11.0 Å². The molecule has 0 aliphatic heterocycles. The average Bonchev–Trinajstić information content (AvgIpc) is 3.00. The van der Waals surface area contributed by atoms with Crippen LogP contribution in [-0.2, 0) is 11.8 Å². The molecule has 0 bridgehead atoms. The van der Waals surface area contributed by atoms with Crippen LogP contribution in [-0.4, -0.2) is 41.2 Å². The Morgan fingerprint density at radius 1 is 1.40 bits per heavy atom. The lowest BCUT2D eigenvalue weighted by Crippen LogP contribution is -2.00. The van der Waals surface area contributed by atoms with Gasteiger partial charge >= 0.3 is 5.97 Å². The molecule has 3 heterocycles. The number of carboxylic acids is 1. The molecule has 0 saturated heterocycles. The molecule has 7 nitrogen and oxygen atoms in total. The number of fused-ring (bicyclic) bond motifs is 1. The molecule has 3 aromatic rings. The van der Waals surface area contributed by atoms with Gasteiger partial charge in [0, 0.05) is 13.2 Å². The largest absolute Gasteiger partial charge is 0.481 e. The van der Waals surface area contributed by atoms with Gasteiger partial charge in [0.25, 0.3) is 0 Å². The van der Waals surface area contributed by atoms with Crippen molar-refractivity contribution < 1.29 is 9.90 Å². The van der Waals surface area contributed by atoms with Crippen LogP contribution in [0.15, 0.2) is 35.7 Å². The highest BCUT2D eigenvalue weighted by atomic mass is 32.2. The number of nitrogens with zero attached hydrogens (tertiary/aromatic N) is 5. The molecule has 0 aliphatic carbocycles. The fraction of sp³-hybridized carbons (Fsp3) is 0.167. The molecule has 0 atom stereocenters. The Labute approximate surface area is 118 Å². The maximum absolute atomic E-state index is 10.6. The molecular formula is C12H11N5O2S. The highest BCUT2D eigenvalue weighted by Gasteiger charge is 2.15. The Kier molecular flexibility index (Phi) is 3.15. The van der Waals surface area contributed by atoms with Gasteiger partial charge in [-0.2, -0.15) is 5.10 Å². The third-order valence-corrected chi connectivity index (χ3v) is 3.83. The van der Waals surface area contributed by atoms with Crippen LogP contribution in [0.2, 0.25) is 0 Å². The van der Waals surface area contributed by atoms with Gasteiger partial charge in [-0.05, 0) is 12.1 Å². The first-order valence-electron chi connectivity index (χ1n) is 5.83. The van der Waals surface area contributed by atoms with Crippen molar-refractivity contribution in [3.8, 4) is 11.4 Å². The second-order valence-corrected chi connectivity index (χ2v) is 5.08. The molecule has 102 valence electrons. The Morgan fingerprint density at radius 2 is 2.25 bits per heavy atom. The van der Waals surface area contributed by atoms with Gasteiger partial charge in [-0.25, -0.2) is 4.52 Å². The SMILES string of the molecule is Cn1c(SCC(=O)O)nnc1-c1cnn2ccccc12. The van der Waals surface area contributed by atoms with E-state index < -0.39 is 5.97 Å². The lowest BCUT2D eigenvalue weighted by Gasteiger charge is -2.01. The fourth-order valence-corrected chi connectivity index (χ4v) is 2.54. The number of carboxylic acid groups (broad SMARTS) is 1. The van der Waals surface area contributed by atoms with Crippen LogP contribution in [0.4, 0.5) is 0 Å². The van der Waals surface area contributed by atoms with E-state index in [1.165, 1.54) is 0 Å². The normalized spacial score (nSPS) is 11.1. The number of aromatic nitrogens is 5. The van der Waals surface area contributed by atoms with E-state index >= 15 is 0 Å². The highest BCUT2D eigenvalue weighted by Crippen LogP contribution is 2.25. The topological polar surface area (TPSA) is 85.3 Å². The Morgan fingerprint density at radius 3 is 3.05 bits per heavy atom. The van der Waals surface area contributed by atoms with Crippen LogP contribution in [0.1, 0.15) is 0 Å². The summed E-state index contributed by atoms with van der Waals surface area (Å²) in [7, 11) is 1.81. The second kappa shape index (κ2) is 4.97. The van der Waals surface area contributed by atoms with E-state index in [9.17, 15) is 4.79 Å². The third-order valence-electron chi connectivity index (χ3n) is 2.83.